The zero-order valence-corrected chi connectivity index (χ0v) is 20.4. The Kier molecular flexibility index (Phi) is 6.00. The second kappa shape index (κ2) is 9.08. The van der Waals surface area contributed by atoms with Crippen molar-refractivity contribution in [3.8, 4) is 22.6 Å². The molecule has 3 heterocycles. The molecule has 8 heteroatoms. The number of anilines is 2. The highest BCUT2D eigenvalue weighted by molar-refractivity contribution is 7.19. The van der Waals surface area contributed by atoms with Gasteiger partial charge in [0.05, 0.1) is 19.6 Å². The summed E-state index contributed by atoms with van der Waals surface area (Å²) in [6, 6.07) is 16.5. The minimum absolute atomic E-state index is 0.281. The Balaban J connectivity index is 1.55. The molecule has 2 aromatic carbocycles. The van der Waals surface area contributed by atoms with Gasteiger partial charge in [-0.3, -0.25) is 0 Å². The predicted molar refractivity (Wildman–Crippen MR) is 137 cm³/mol. The van der Waals surface area contributed by atoms with E-state index in [1.165, 1.54) is 5.69 Å². The number of piperazine rings is 1. The number of aryl methyl sites for hydroxylation is 1. The third-order valence-electron chi connectivity index (χ3n) is 6.05. The van der Waals surface area contributed by atoms with Crippen LogP contribution < -0.4 is 19.3 Å². The maximum atomic E-state index is 6.37. The lowest BCUT2D eigenvalue weighted by molar-refractivity contribution is 0.355. The Labute approximate surface area is 202 Å². The van der Waals surface area contributed by atoms with Crippen molar-refractivity contribution in [2.75, 3.05) is 50.2 Å². The largest absolute Gasteiger partial charge is 0.493 e. The molecule has 0 N–H and O–H groups in total. The van der Waals surface area contributed by atoms with Gasteiger partial charge in [0, 0.05) is 42.3 Å². The lowest BCUT2D eigenvalue weighted by Gasteiger charge is -2.37. The van der Waals surface area contributed by atoms with Gasteiger partial charge in [-0.15, -0.1) is 11.3 Å². The summed E-state index contributed by atoms with van der Waals surface area (Å²) >= 11 is 8.02. The maximum Gasteiger partial charge on any atom is 0.225 e. The Morgan fingerprint density at radius 1 is 0.879 bits per heavy atom. The van der Waals surface area contributed by atoms with Crippen molar-refractivity contribution < 1.29 is 9.47 Å². The van der Waals surface area contributed by atoms with Crippen LogP contribution in [0.25, 0.3) is 21.3 Å². The lowest BCUT2D eigenvalue weighted by Crippen LogP contribution is -2.47. The molecule has 33 heavy (non-hydrogen) atoms. The number of methoxy groups -OCH3 is 2. The minimum Gasteiger partial charge on any atom is -0.493 e. The summed E-state index contributed by atoms with van der Waals surface area (Å²) in [5.74, 6) is 2.29. The third-order valence-corrected chi connectivity index (χ3v) is 7.22. The van der Waals surface area contributed by atoms with Crippen LogP contribution in [0, 0.1) is 6.92 Å². The monoisotopic (exact) mass is 480 g/mol. The molecule has 1 aliphatic heterocycles. The SMILES string of the molecule is COc1ccc(-c2c(C)sc3nc(Cl)nc(N4CCN(c5ccccc5)CC4)c23)cc1OC. The van der Waals surface area contributed by atoms with Crippen LogP contribution >= 0.6 is 22.9 Å². The summed E-state index contributed by atoms with van der Waals surface area (Å²) in [6.07, 6.45) is 0. The van der Waals surface area contributed by atoms with Crippen molar-refractivity contribution in [3.05, 3.63) is 58.7 Å². The number of thiophene rings is 1. The van der Waals surface area contributed by atoms with E-state index in [2.05, 4.69) is 52.0 Å². The molecule has 0 radical (unpaired) electrons. The molecule has 0 bridgehead atoms. The van der Waals surface area contributed by atoms with E-state index in [4.69, 9.17) is 26.1 Å². The molecular formula is C25H25ClN4O2S. The molecule has 1 saturated heterocycles. The molecule has 1 fully saturated rings. The van der Waals surface area contributed by atoms with Crippen molar-refractivity contribution in [2.45, 2.75) is 6.92 Å². The number of nitrogens with zero attached hydrogens (tertiary/aromatic N) is 4. The van der Waals surface area contributed by atoms with E-state index >= 15 is 0 Å². The Morgan fingerprint density at radius 2 is 1.58 bits per heavy atom. The van der Waals surface area contributed by atoms with Gasteiger partial charge in [-0.2, -0.15) is 4.98 Å². The van der Waals surface area contributed by atoms with E-state index in [1.807, 2.05) is 18.2 Å². The number of rotatable bonds is 5. The molecule has 0 spiro atoms. The Morgan fingerprint density at radius 3 is 2.27 bits per heavy atom. The molecule has 2 aromatic heterocycles. The van der Waals surface area contributed by atoms with Crippen LogP contribution in [-0.2, 0) is 0 Å². The molecule has 0 atom stereocenters. The van der Waals surface area contributed by atoms with Gasteiger partial charge < -0.3 is 19.3 Å². The molecule has 0 saturated carbocycles. The third kappa shape index (κ3) is 4.07. The average molecular weight is 481 g/mol. The summed E-state index contributed by atoms with van der Waals surface area (Å²) in [5.41, 5.74) is 3.42. The molecule has 1 aliphatic rings. The van der Waals surface area contributed by atoms with Gasteiger partial charge in [-0.25, -0.2) is 4.98 Å². The fourth-order valence-corrected chi connectivity index (χ4v) is 5.71. The van der Waals surface area contributed by atoms with Crippen LogP contribution in [0.1, 0.15) is 4.88 Å². The van der Waals surface area contributed by atoms with Gasteiger partial charge in [0.25, 0.3) is 0 Å². The van der Waals surface area contributed by atoms with E-state index in [0.717, 1.165) is 58.2 Å². The number of ether oxygens (including phenoxy) is 2. The highest BCUT2D eigenvalue weighted by Gasteiger charge is 2.25. The van der Waals surface area contributed by atoms with E-state index in [9.17, 15) is 0 Å². The summed E-state index contributed by atoms with van der Waals surface area (Å²) < 4.78 is 11.0. The minimum atomic E-state index is 0.281. The number of fused-ring (bicyclic) bond motifs is 1. The zero-order chi connectivity index (χ0) is 22.9. The first kappa shape index (κ1) is 21.8. The summed E-state index contributed by atoms with van der Waals surface area (Å²) in [6.45, 7) is 5.67. The van der Waals surface area contributed by atoms with Crippen LogP contribution in [0.3, 0.4) is 0 Å². The molecule has 170 valence electrons. The average Bonchev–Trinajstić information content (AvgIpc) is 3.19. The number of hydrogen-bond donors (Lipinski definition) is 0. The van der Waals surface area contributed by atoms with E-state index < -0.39 is 0 Å². The fraction of sp³-hybridized carbons (Fsp3) is 0.280. The van der Waals surface area contributed by atoms with Gasteiger partial charge in [0.1, 0.15) is 10.6 Å². The first-order chi connectivity index (χ1) is 16.1. The van der Waals surface area contributed by atoms with Gasteiger partial charge in [-0.05, 0) is 48.4 Å². The second-order valence-electron chi connectivity index (χ2n) is 7.91. The highest BCUT2D eigenvalue weighted by atomic mass is 35.5. The Bertz CT molecular complexity index is 1290. The van der Waals surface area contributed by atoms with Crippen LogP contribution in [0.4, 0.5) is 11.5 Å². The van der Waals surface area contributed by atoms with Crippen LogP contribution in [0.15, 0.2) is 48.5 Å². The molecule has 6 nitrogen and oxygen atoms in total. The van der Waals surface area contributed by atoms with Crippen LogP contribution in [0.5, 0.6) is 11.5 Å². The molecular weight excluding hydrogens is 456 g/mol. The van der Waals surface area contributed by atoms with Gasteiger partial charge in [0.2, 0.25) is 5.28 Å². The quantitative estimate of drug-likeness (QED) is 0.343. The topological polar surface area (TPSA) is 50.7 Å². The van der Waals surface area contributed by atoms with Crippen molar-refractivity contribution in [2.24, 2.45) is 0 Å². The fourth-order valence-electron chi connectivity index (χ4n) is 4.45. The predicted octanol–water partition coefficient (Wildman–Crippen LogP) is 5.66. The molecule has 5 rings (SSSR count). The summed E-state index contributed by atoms with van der Waals surface area (Å²) in [5, 5.41) is 1.32. The smallest absolute Gasteiger partial charge is 0.225 e. The van der Waals surface area contributed by atoms with Crippen molar-refractivity contribution in [3.63, 3.8) is 0 Å². The van der Waals surface area contributed by atoms with Crippen molar-refractivity contribution in [1.82, 2.24) is 9.97 Å². The van der Waals surface area contributed by atoms with Crippen LogP contribution in [0.2, 0.25) is 5.28 Å². The first-order valence-corrected chi connectivity index (χ1v) is 12.0. The number of halogens is 1. The van der Waals surface area contributed by atoms with Gasteiger partial charge >= 0.3 is 0 Å². The number of benzene rings is 2. The van der Waals surface area contributed by atoms with Gasteiger partial charge in [0.15, 0.2) is 11.5 Å². The second-order valence-corrected chi connectivity index (χ2v) is 9.45. The van der Waals surface area contributed by atoms with Crippen molar-refractivity contribution >= 4 is 44.7 Å². The molecule has 4 aromatic rings. The highest BCUT2D eigenvalue weighted by Crippen LogP contribution is 2.44. The first-order valence-electron chi connectivity index (χ1n) is 10.8. The molecule has 0 unspecified atom stereocenters. The van der Waals surface area contributed by atoms with E-state index in [1.54, 1.807) is 25.6 Å². The standard InChI is InChI=1S/C25H25ClN4O2S/c1-16-21(17-9-10-19(31-2)20(15-17)32-3)22-23(27-25(26)28-24(22)33-16)30-13-11-29(12-14-30)18-7-5-4-6-8-18/h4-10,15H,11-14H2,1-3H3. The van der Waals surface area contributed by atoms with E-state index in [-0.39, 0.29) is 5.28 Å². The summed E-state index contributed by atoms with van der Waals surface area (Å²) in [4.78, 5) is 16.1. The van der Waals surface area contributed by atoms with Gasteiger partial charge in [-0.1, -0.05) is 24.3 Å². The zero-order valence-electron chi connectivity index (χ0n) is 18.8. The maximum absolute atomic E-state index is 6.37. The lowest BCUT2D eigenvalue weighted by atomic mass is 10.0. The van der Waals surface area contributed by atoms with Crippen LogP contribution in [-0.4, -0.2) is 50.4 Å². The summed E-state index contributed by atoms with van der Waals surface area (Å²) in [7, 11) is 3.30. The number of aromatic nitrogens is 2. The molecule has 0 aliphatic carbocycles. The van der Waals surface area contributed by atoms with Crippen molar-refractivity contribution in [1.29, 1.82) is 0 Å². The number of hydrogen-bond acceptors (Lipinski definition) is 7. The van der Waals surface area contributed by atoms with E-state index in [0.29, 0.717) is 11.5 Å². The number of para-hydroxylation sites is 1. The Hall–Kier alpha value is -3.03. The normalized spacial score (nSPS) is 14.1. The molecule has 0 amide bonds.